The Morgan fingerprint density at radius 3 is 2.55 bits per heavy atom. The average Bonchev–Trinajstić information content (AvgIpc) is 2.68. The molecule has 6 nitrogen and oxygen atoms in total. The van der Waals surface area contributed by atoms with E-state index >= 15 is 0 Å². The fourth-order valence-electron chi connectivity index (χ4n) is 2.56. The summed E-state index contributed by atoms with van der Waals surface area (Å²) >= 11 is 0. The second kappa shape index (κ2) is 8.22. The van der Waals surface area contributed by atoms with Crippen LogP contribution >= 0.6 is 0 Å². The summed E-state index contributed by atoms with van der Waals surface area (Å²) in [5.74, 6) is -2.11. The molecule has 0 saturated carbocycles. The molecule has 1 amide bonds. The van der Waals surface area contributed by atoms with Crippen LogP contribution in [0.1, 0.15) is 18.1 Å². The van der Waals surface area contributed by atoms with Crippen LogP contribution in [0.2, 0.25) is 0 Å². The fourth-order valence-corrected chi connectivity index (χ4v) is 2.56. The van der Waals surface area contributed by atoms with Crippen LogP contribution in [0.5, 0.6) is 5.88 Å². The van der Waals surface area contributed by atoms with Crippen LogP contribution in [0.25, 0.3) is 5.69 Å². The number of hydrogen-bond donors (Lipinski definition) is 1. The van der Waals surface area contributed by atoms with Gasteiger partial charge in [-0.05, 0) is 56.2 Å². The molecular formula is C21H19F2N3O3. The Bertz CT molecular complexity index is 1130. The molecule has 1 atom stereocenters. The number of hydrogen-bond acceptors (Lipinski definition) is 4. The summed E-state index contributed by atoms with van der Waals surface area (Å²) in [5, 5.41) is 6.41. The summed E-state index contributed by atoms with van der Waals surface area (Å²) in [6.07, 6.45) is -1.07. The van der Waals surface area contributed by atoms with Crippen LogP contribution in [0.4, 0.5) is 14.5 Å². The van der Waals surface area contributed by atoms with Gasteiger partial charge >= 0.3 is 0 Å². The summed E-state index contributed by atoms with van der Waals surface area (Å²) in [7, 11) is 0. The first-order valence-corrected chi connectivity index (χ1v) is 8.85. The van der Waals surface area contributed by atoms with Crippen LogP contribution < -0.4 is 15.6 Å². The number of ether oxygens (including phenoxy) is 1. The van der Waals surface area contributed by atoms with Crippen molar-refractivity contribution in [3.8, 4) is 11.6 Å². The zero-order chi connectivity index (χ0) is 21.1. The van der Waals surface area contributed by atoms with Gasteiger partial charge in [0.2, 0.25) is 5.88 Å². The smallest absolute Gasteiger partial charge is 0.271 e. The number of carbonyl (C=O) groups is 1. The number of benzene rings is 2. The molecule has 29 heavy (non-hydrogen) atoms. The Kier molecular flexibility index (Phi) is 5.72. The Morgan fingerprint density at radius 1 is 1.07 bits per heavy atom. The van der Waals surface area contributed by atoms with Crippen molar-refractivity contribution in [2.75, 3.05) is 5.32 Å². The molecule has 0 aliphatic heterocycles. The molecule has 1 aromatic heterocycles. The molecule has 1 unspecified atom stereocenters. The predicted octanol–water partition coefficient (Wildman–Crippen LogP) is 3.53. The first-order chi connectivity index (χ1) is 13.7. The summed E-state index contributed by atoms with van der Waals surface area (Å²) in [6.45, 7) is 5.30. The zero-order valence-corrected chi connectivity index (χ0v) is 16.1. The zero-order valence-electron chi connectivity index (χ0n) is 16.1. The molecule has 0 spiro atoms. The Balaban J connectivity index is 1.79. The van der Waals surface area contributed by atoms with Crippen molar-refractivity contribution < 1.29 is 18.3 Å². The first-order valence-electron chi connectivity index (χ1n) is 8.85. The lowest BCUT2D eigenvalue weighted by Crippen LogP contribution is -2.31. The van der Waals surface area contributed by atoms with E-state index < -0.39 is 23.6 Å². The van der Waals surface area contributed by atoms with Crippen LogP contribution in [0.3, 0.4) is 0 Å². The van der Waals surface area contributed by atoms with Gasteiger partial charge in [0.05, 0.1) is 11.4 Å². The highest BCUT2D eigenvalue weighted by Crippen LogP contribution is 2.17. The number of anilines is 1. The third kappa shape index (κ3) is 4.66. The van der Waals surface area contributed by atoms with Gasteiger partial charge in [-0.25, -0.2) is 8.78 Å². The van der Waals surface area contributed by atoms with Crippen molar-refractivity contribution >= 4 is 11.6 Å². The lowest BCUT2D eigenvalue weighted by Gasteiger charge is -2.15. The van der Waals surface area contributed by atoms with Gasteiger partial charge in [0.25, 0.3) is 11.5 Å². The normalized spacial score (nSPS) is 11.8. The van der Waals surface area contributed by atoms with E-state index in [1.54, 1.807) is 6.07 Å². The van der Waals surface area contributed by atoms with E-state index in [-0.39, 0.29) is 17.1 Å². The van der Waals surface area contributed by atoms with E-state index in [2.05, 4.69) is 10.4 Å². The summed E-state index contributed by atoms with van der Waals surface area (Å²) < 4.78 is 33.6. The lowest BCUT2D eigenvalue weighted by molar-refractivity contribution is -0.122. The highest BCUT2D eigenvalue weighted by molar-refractivity contribution is 5.94. The highest BCUT2D eigenvalue weighted by atomic mass is 19.1. The molecule has 1 heterocycles. The Labute approximate surface area is 165 Å². The quantitative estimate of drug-likeness (QED) is 0.712. The van der Waals surface area contributed by atoms with Crippen molar-refractivity contribution in [2.24, 2.45) is 0 Å². The van der Waals surface area contributed by atoms with E-state index in [1.807, 2.05) is 26.0 Å². The van der Waals surface area contributed by atoms with Crippen LogP contribution in [0, 0.1) is 25.5 Å². The highest BCUT2D eigenvalue weighted by Gasteiger charge is 2.18. The molecule has 150 valence electrons. The maximum atomic E-state index is 13.7. The van der Waals surface area contributed by atoms with Gasteiger partial charge in [0.1, 0.15) is 11.6 Å². The Hall–Kier alpha value is -3.55. The summed E-state index contributed by atoms with van der Waals surface area (Å²) in [4.78, 5) is 24.4. The van der Waals surface area contributed by atoms with E-state index in [1.165, 1.54) is 23.7 Å². The van der Waals surface area contributed by atoms with Gasteiger partial charge < -0.3 is 10.1 Å². The number of halogens is 2. The third-order valence-corrected chi connectivity index (χ3v) is 4.36. The predicted molar refractivity (Wildman–Crippen MR) is 104 cm³/mol. The molecule has 0 radical (unpaired) electrons. The molecule has 2 aromatic carbocycles. The minimum Gasteiger partial charge on any atom is -0.463 e. The number of carbonyl (C=O) groups excluding carboxylic acids is 1. The van der Waals surface area contributed by atoms with Crippen LogP contribution in [-0.2, 0) is 4.79 Å². The van der Waals surface area contributed by atoms with Gasteiger partial charge in [0.15, 0.2) is 6.10 Å². The van der Waals surface area contributed by atoms with E-state index in [9.17, 15) is 18.4 Å². The molecular weight excluding hydrogens is 380 g/mol. The molecule has 0 fully saturated rings. The topological polar surface area (TPSA) is 73.2 Å². The van der Waals surface area contributed by atoms with Gasteiger partial charge in [-0.3, -0.25) is 9.59 Å². The molecule has 0 saturated heterocycles. The van der Waals surface area contributed by atoms with Crippen molar-refractivity contribution in [1.29, 1.82) is 0 Å². The second-order valence-electron chi connectivity index (χ2n) is 6.56. The largest absolute Gasteiger partial charge is 0.463 e. The molecule has 3 aromatic rings. The maximum Gasteiger partial charge on any atom is 0.271 e. The number of rotatable bonds is 5. The Morgan fingerprint density at radius 2 is 1.83 bits per heavy atom. The van der Waals surface area contributed by atoms with Crippen molar-refractivity contribution in [1.82, 2.24) is 9.78 Å². The minimum atomic E-state index is -1.07. The van der Waals surface area contributed by atoms with Crippen molar-refractivity contribution in [3.05, 3.63) is 81.6 Å². The molecule has 8 heteroatoms. The van der Waals surface area contributed by atoms with E-state index in [0.29, 0.717) is 5.69 Å². The third-order valence-electron chi connectivity index (χ3n) is 4.36. The minimum absolute atomic E-state index is 0.0326. The van der Waals surface area contributed by atoms with Crippen LogP contribution in [0.15, 0.2) is 53.3 Å². The maximum absolute atomic E-state index is 13.7. The average molecular weight is 399 g/mol. The standard InChI is InChI=1S/C21H19F2N3O3/c1-12-4-6-16(10-13(12)2)26-20(27)9-8-19(25-26)29-14(3)21(28)24-18-11-15(22)5-7-17(18)23/h4-11,14H,1-3H3,(H,24,28). The fraction of sp³-hybridized carbons (Fsp3) is 0.190. The molecule has 0 aliphatic carbocycles. The van der Waals surface area contributed by atoms with Gasteiger partial charge in [-0.2, -0.15) is 4.68 Å². The van der Waals surface area contributed by atoms with E-state index in [0.717, 1.165) is 29.3 Å². The summed E-state index contributed by atoms with van der Waals surface area (Å²) in [5.41, 5.74) is 1.97. The summed E-state index contributed by atoms with van der Waals surface area (Å²) in [6, 6.07) is 10.8. The molecule has 0 bridgehead atoms. The first kappa shape index (κ1) is 20.2. The van der Waals surface area contributed by atoms with E-state index in [4.69, 9.17) is 4.74 Å². The number of aryl methyl sites for hydroxylation is 2. The molecule has 3 rings (SSSR count). The van der Waals surface area contributed by atoms with Gasteiger partial charge in [-0.1, -0.05) is 6.07 Å². The van der Waals surface area contributed by atoms with Crippen LogP contribution in [-0.4, -0.2) is 21.8 Å². The van der Waals surface area contributed by atoms with Crippen molar-refractivity contribution in [2.45, 2.75) is 26.9 Å². The molecule has 0 aliphatic rings. The van der Waals surface area contributed by atoms with Gasteiger partial charge in [-0.15, -0.1) is 5.10 Å². The monoisotopic (exact) mass is 399 g/mol. The number of nitrogens with zero attached hydrogens (tertiary/aromatic N) is 2. The number of amides is 1. The second-order valence-corrected chi connectivity index (χ2v) is 6.56. The van der Waals surface area contributed by atoms with Gasteiger partial charge in [0, 0.05) is 18.2 Å². The van der Waals surface area contributed by atoms with Crippen molar-refractivity contribution in [3.63, 3.8) is 0 Å². The molecule has 1 N–H and O–H groups in total. The SMILES string of the molecule is Cc1ccc(-n2nc(OC(C)C(=O)Nc3cc(F)ccc3F)ccc2=O)cc1C. The number of aromatic nitrogens is 2. The number of nitrogens with one attached hydrogen (secondary N) is 1. The lowest BCUT2D eigenvalue weighted by atomic mass is 10.1.